The molecule has 0 aromatic rings. The van der Waals surface area contributed by atoms with Crippen LogP contribution in [0.25, 0.3) is 0 Å². The molecule has 7 rings (SSSR count). The molecular weight excluding hydrogens is 712 g/mol. The fourth-order valence-electron chi connectivity index (χ4n) is 13.0. The van der Waals surface area contributed by atoms with E-state index >= 15 is 0 Å². The largest absolute Gasteiger partial charge is 0.396 e. The summed E-state index contributed by atoms with van der Waals surface area (Å²) in [4.78, 5) is 0. The smallest absolute Gasteiger partial charge is 0.187 e. The molecule has 2 heterocycles. The lowest BCUT2D eigenvalue weighted by Crippen LogP contribution is -2.67. The molecule has 13 heteroatoms. The fraction of sp³-hybridized carbons (Fsp3) is 0.905. The van der Waals surface area contributed by atoms with E-state index in [-0.39, 0.29) is 46.7 Å². The average Bonchev–Trinajstić information content (AvgIpc) is 3.13. The summed E-state index contributed by atoms with van der Waals surface area (Å²) in [5, 5.41) is 97.6. The summed E-state index contributed by atoms with van der Waals surface area (Å²) >= 11 is 0. The van der Waals surface area contributed by atoms with Crippen LogP contribution in [0, 0.1) is 44.3 Å². The van der Waals surface area contributed by atoms with Crippen molar-refractivity contribution in [2.24, 2.45) is 44.3 Å². The minimum Gasteiger partial charge on any atom is -0.396 e. The highest BCUT2D eigenvalue weighted by Crippen LogP contribution is 2.74. The highest BCUT2D eigenvalue weighted by molar-refractivity contribution is 5.47. The monoisotopic (exact) mass is 780 g/mol. The second-order valence-electron chi connectivity index (χ2n) is 20.3. The van der Waals surface area contributed by atoms with E-state index < -0.39 is 91.1 Å². The number of fused-ring (bicyclic) bond motifs is 6. The molecule has 9 N–H and O–H groups in total. The molecule has 0 aromatic heterocycles. The van der Waals surface area contributed by atoms with Crippen molar-refractivity contribution in [3.05, 3.63) is 23.3 Å². The summed E-state index contributed by atoms with van der Waals surface area (Å²) in [6.07, 6.45) is -4.63. The lowest BCUT2D eigenvalue weighted by atomic mass is 9.35. The maximum atomic E-state index is 12.0. The Balaban J connectivity index is 1.15. The number of ether oxygens (including phenoxy) is 4. The standard InChI is InChI=1S/C42H68O13/c1-21-29(47)34(55-35-32(50)31(49)30(48)24(18-43)53-35)33(51)36(52-21)54-28-11-12-38(4)25(39(28,5)19-44)10-13-40(6)26(38)9-8-22-23-16-37(2,3)14-15-42(23,20-45)27(46)17-41(22,40)7/h8-9,21,24-36,43-51H,10-20H2,1-7H3/t21-,24-,25-,26+,27+,28+,29+,30-,31+,32-,33-,34+,35+,36+,38+,39+,40-,41-,42-/m1/s1. The van der Waals surface area contributed by atoms with Gasteiger partial charge in [0.25, 0.3) is 0 Å². The molecule has 314 valence electrons. The van der Waals surface area contributed by atoms with Crippen molar-refractivity contribution in [1.29, 1.82) is 0 Å². The summed E-state index contributed by atoms with van der Waals surface area (Å²) in [6, 6.07) is 0. The Hall–Kier alpha value is -1.04. The molecular formula is C42H68O13. The van der Waals surface area contributed by atoms with E-state index in [1.54, 1.807) is 6.92 Å². The minimum absolute atomic E-state index is 0.0212. The predicted molar refractivity (Wildman–Crippen MR) is 199 cm³/mol. The van der Waals surface area contributed by atoms with Gasteiger partial charge in [0.15, 0.2) is 12.6 Å². The number of aliphatic hydroxyl groups excluding tert-OH is 9. The SMILES string of the molecule is C[C@H]1O[C@@H](O[C@H]2CC[C@@]3(C)[C@@H](CC[C@]4(C)[C@H]3C=CC3=C5CC(C)(C)CC[C@]5(CO)[C@@H](O)C[C@]34C)[C@]2(C)CO)[C@H](O)[C@@H](O[C@@H]2O[C@H](CO)[C@@H](O)[C@H](O)[C@H]2O)[C@H]1O. The molecule has 3 saturated carbocycles. The molecule has 0 unspecified atom stereocenters. The zero-order valence-corrected chi connectivity index (χ0v) is 33.7. The molecule has 0 aromatic carbocycles. The molecule has 5 aliphatic carbocycles. The third kappa shape index (κ3) is 6.12. The van der Waals surface area contributed by atoms with Gasteiger partial charge in [-0.05, 0) is 91.9 Å². The summed E-state index contributed by atoms with van der Waals surface area (Å²) in [7, 11) is 0. The van der Waals surface area contributed by atoms with Crippen LogP contribution in [0.15, 0.2) is 23.3 Å². The first-order chi connectivity index (χ1) is 25.7. The minimum atomic E-state index is -1.73. The molecule has 13 nitrogen and oxygen atoms in total. The lowest BCUT2D eigenvalue weighted by molar-refractivity contribution is -0.367. The first kappa shape index (κ1) is 42.1. The number of aliphatic hydroxyl groups is 9. The quantitative estimate of drug-likeness (QED) is 0.168. The zero-order chi connectivity index (χ0) is 40.3. The number of hydrogen-bond acceptors (Lipinski definition) is 13. The maximum absolute atomic E-state index is 12.0. The van der Waals surface area contributed by atoms with Gasteiger partial charge in [-0.25, -0.2) is 0 Å². The van der Waals surface area contributed by atoms with Crippen LogP contribution in [0.3, 0.4) is 0 Å². The van der Waals surface area contributed by atoms with Crippen LogP contribution in [-0.4, -0.2) is 139 Å². The van der Waals surface area contributed by atoms with E-state index in [9.17, 15) is 46.0 Å². The Morgan fingerprint density at radius 1 is 0.745 bits per heavy atom. The van der Waals surface area contributed by atoms with Gasteiger partial charge >= 0.3 is 0 Å². The zero-order valence-electron chi connectivity index (χ0n) is 33.7. The molecule has 19 atom stereocenters. The Kier molecular flexibility index (Phi) is 11.0. The second kappa shape index (κ2) is 14.3. The van der Waals surface area contributed by atoms with Gasteiger partial charge in [0.2, 0.25) is 0 Å². The van der Waals surface area contributed by atoms with Crippen molar-refractivity contribution in [3.8, 4) is 0 Å². The summed E-state index contributed by atoms with van der Waals surface area (Å²) in [5.74, 6) is 0.154. The molecule has 55 heavy (non-hydrogen) atoms. The molecule has 5 fully saturated rings. The van der Waals surface area contributed by atoms with E-state index in [0.29, 0.717) is 12.8 Å². The predicted octanol–water partition coefficient (Wildman–Crippen LogP) is 1.68. The van der Waals surface area contributed by atoms with Crippen LogP contribution in [0.2, 0.25) is 0 Å². The summed E-state index contributed by atoms with van der Waals surface area (Å²) < 4.78 is 24.0. The second-order valence-corrected chi connectivity index (χ2v) is 20.3. The van der Waals surface area contributed by atoms with Crippen molar-refractivity contribution in [1.82, 2.24) is 0 Å². The normalized spacial score (nSPS) is 54.9. The van der Waals surface area contributed by atoms with Gasteiger partial charge < -0.3 is 64.9 Å². The van der Waals surface area contributed by atoms with Gasteiger partial charge in [0.1, 0.15) is 42.7 Å². The first-order valence-electron chi connectivity index (χ1n) is 20.6. The van der Waals surface area contributed by atoms with Gasteiger partial charge in [0.05, 0.1) is 38.1 Å². The Morgan fingerprint density at radius 2 is 1.44 bits per heavy atom. The molecule has 0 spiro atoms. The highest BCUT2D eigenvalue weighted by atomic mass is 16.7. The number of rotatable bonds is 7. The third-order valence-electron chi connectivity index (χ3n) is 16.8. The van der Waals surface area contributed by atoms with E-state index in [2.05, 4.69) is 46.8 Å². The van der Waals surface area contributed by atoms with Gasteiger partial charge in [-0.1, -0.05) is 59.3 Å². The molecule has 7 aliphatic rings. The van der Waals surface area contributed by atoms with Gasteiger partial charge in [0, 0.05) is 16.2 Å². The third-order valence-corrected chi connectivity index (χ3v) is 16.8. The molecule has 0 bridgehead atoms. The van der Waals surface area contributed by atoms with Crippen LogP contribution in [0.5, 0.6) is 0 Å². The number of hydrogen-bond donors (Lipinski definition) is 9. The van der Waals surface area contributed by atoms with Crippen molar-refractivity contribution < 1.29 is 64.9 Å². The number of allylic oxidation sites excluding steroid dienone is 3. The molecule has 0 amide bonds. The Bertz CT molecular complexity index is 1500. The Labute approximate surface area is 325 Å². The molecule has 0 radical (unpaired) electrons. The highest BCUT2D eigenvalue weighted by Gasteiger charge is 2.69. The average molecular weight is 781 g/mol. The topological polar surface area (TPSA) is 219 Å². The van der Waals surface area contributed by atoms with E-state index in [4.69, 9.17) is 18.9 Å². The van der Waals surface area contributed by atoms with Gasteiger partial charge in [-0.15, -0.1) is 0 Å². The van der Waals surface area contributed by atoms with E-state index in [0.717, 1.165) is 38.5 Å². The van der Waals surface area contributed by atoms with Crippen molar-refractivity contribution in [2.75, 3.05) is 19.8 Å². The lowest BCUT2D eigenvalue weighted by Gasteiger charge is -2.70. The van der Waals surface area contributed by atoms with E-state index in [1.807, 2.05) is 6.92 Å². The van der Waals surface area contributed by atoms with Crippen LogP contribution in [0.4, 0.5) is 0 Å². The van der Waals surface area contributed by atoms with Crippen molar-refractivity contribution in [2.45, 2.75) is 173 Å². The van der Waals surface area contributed by atoms with Crippen LogP contribution < -0.4 is 0 Å². The van der Waals surface area contributed by atoms with Crippen LogP contribution >= 0.6 is 0 Å². The fourth-order valence-corrected chi connectivity index (χ4v) is 13.0. The van der Waals surface area contributed by atoms with Crippen LogP contribution in [0.1, 0.15) is 99.8 Å². The van der Waals surface area contributed by atoms with Gasteiger partial charge in [-0.3, -0.25) is 0 Å². The van der Waals surface area contributed by atoms with Gasteiger partial charge in [-0.2, -0.15) is 0 Å². The molecule has 2 saturated heterocycles. The Morgan fingerprint density at radius 3 is 2.09 bits per heavy atom. The first-order valence-corrected chi connectivity index (χ1v) is 20.6. The van der Waals surface area contributed by atoms with Crippen molar-refractivity contribution in [3.63, 3.8) is 0 Å². The maximum Gasteiger partial charge on any atom is 0.187 e. The summed E-state index contributed by atoms with van der Waals surface area (Å²) in [6.45, 7) is 14.4. The van der Waals surface area contributed by atoms with Crippen molar-refractivity contribution >= 4 is 0 Å². The molecule has 2 aliphatic heterocycles. The summed E-state index contributed by atoms with van der Waals surface area (Å²) in [5.41, 5.74) is 0.476. The van der Waals surface area contributed by atoms with E-state index in [1.165, 1.54) is 11.1 Å². The van der Waals surface area contributed by atoms with Crippen LogP contribution in [-0.2, 0) is 18.9 Å².